The van der Waals surface area contributed by atoms with Gasteiger partial charge in [0.05, 0.1) is 10.2 Å². The molecule has 1 aromatic heterocycles. The molecule has 1 amide bonds. The second-order valence-electron chi connectivity index (χ2n) is 4.96. The van der Waals surface area contributed by atoms with Gasteiger partial charge in [-0.3, -0.25) is 4.79 Å². The van der Waals surface area contributed by atoms with Gasteiger partial charge in [-0.2, -0.15) is 0 Å². The van der Waals surface area contributed by atoms with Crippen LogP contribution in [0.2, 0.25) is 4.47 Å². The molecule has 1 fully saturated rings. The SMILES string of the molecule is O=C(NC1CCCCC1)c1ccc2sc(Cl)nc2c1. The van der Waals surface area contributed by atoms with Crippen LogP contribution in [0, 0.1) is 0 Å². The second kappa shape index (κ2) is 5.47. The Morgan fingerprint density at radius 1 is 1.32 bits per heavy atom. The lowest BCUT2D eigenvalue weighted by Crippen LogP contribution is -2.36. The average molecular weight is 295 g/mol. The molecule has 0 unspecified atom stereocenters. The fraction of sp³-hybridized carbons (Fsp3) is 0.429. The Hall–Kier alpha value is -1.13. The van der Waals surface area contributed by atoms with Crippen LogP contribution in [0.4, 0.5) is 0 Å². The summed E-state index contributed by atoms with van der Waals surface area (Å²) in [4.78, 5) is 16.4. The summed E-state index contributed by atoms with van der Waals surface area (Å²) < 4.78 is 1.53. The molecule has 0 aliphatic heterocycles. The van der Waals surface area contributed by atoms with Crippen LogP contribution >= 0.6 is 22.9 Å². The smallest absolute Gasteiger partial charge is 0.251 e. The van der Waals surface area contributed by atoms with Crippen molar-refractivity contribution < 1.29 is 4.79 Å². The van der Waals surface area contributed by atoms with Gasteiger partial charge in [-0.15, -0.1) is 11.3 Å². The molecular weight excluding hydrogens is 280 g/mol. The number of rotatable bonds is 2. The fourth-order valence-corrected chi connectivity index (χ4v) is 3.57. The lowest BCUT2D eigenvalue weighted by molar-refractivity contribution is 0.0928. The third-order valence-electron chi connectivity index (χ3n) is 3.56. The topological polar surface area (TPSA) is 42.0 Å². The van der Waals surface area contributed by atoms with E-state index in [4.69, 9.17) is 11.6 Å². The van der Waals surface area contributed by atoms with Crippen molar-refractivity contribution in [1.82, 2.24) is 10.3 Å². The van der Waals surface area contributed by atoms with E-state index < -0.39 is 0 Å². The average Bonchev–Trinajstić information content (AvgIpc) is 2.78. The summed E-state index contributed by atoms with van der Waals surface area (Å²) in [6, 6.07) is 5.90. The van der Waals surface area contributed by atoms with Gasteiger partial charge in [-0.1, -0.05) is 30.9 Å². The highest BCUT2D eigenvalue weighted by molar-refractivity contribution is 7.22. The first-order chi connectivity index (χ1) is 9.22. The molecule has 1 heterocycles. The molecule has 2 aromatic rings. The number of aromatic nitrogens is 1. The van der Waals surface area contributed by atoms with Crippen molar-refractivity contribution in [3.05, 3.63) is 28.2 Å². The summed E-state index contributed by atoms with van der Waals surface area (Å²) in [6.07, 6.45) is 5.90. The lowest BCUT2D eigenvalue weighted by Gasteiger charge is -2.22. The Morgan fingerprint density at radius 2 is 2.11 bits per heavy atom. The van der Waals surface area contributed by atoms with Crippen molar-refractivity contribution in [3.63, 3.8) is 0 Å². The van der Waals surface area contributed by atoms with Crippen molar-refractivity contribution in [2.45, 2.75) is 38.1 Å². The quantitative estimate of drug-likeness (QED) is 0.909. The minimum absolute atomic E-state index is 0.00192. The van der Waals surface area contributed by atoms with E-state index in [1.165, 1.54) is 30.6 Å². The number of benzene rings is 1. The van der Waals surface area contributed by atoms with Crippen molar-refractivity contribution in [2.75, 3.05) is 0 Å². The molecule has 3 nitrogen and oxygen atoms in total. The van der Waals surface area contributed by atoms with E-state index in [2.05, 4.69) is 10.3 Å². The van der Waals surface area contributed by atoms with Gasteiger partial charge in [0, 0.05) is 11.6 Å². The number of carbonyl (C=O) groups is 1. The minimum atomic E-state index is -0.00192. The predicted molar refractivity (Wildman–Crippen MR) is 79.0 cm³/mol. The Morgan fingerprint density at radius 3 is 2.89 bits per heavy atom. The number of halogens is 1. The normalized spacial score (nSPS) is 16.7. The zero-order chi connectivity index (χ0) is 13.2. The number of carbonyl (C=O) groups excluding carboxylic acids is 1. The first-order valence-electron chi connectivity index (χ1n) is 6.59. The maximum absolute atomic E-state index is 12.2. The molecular formula is C14H15ClN2OS. The predicted octanol–water partition coefficient (Wildman–Crippen LogP) is 4.01. The van der Waals surface area contributed by atoms with E-state index in [-0.39, 0.29) is 5.91 Å². The highest BCUT2D eigenvalue weighted by atomic mass is 35.5. The highest BCUT2D eigenvalue weighted by Crippen LogP contribution is 2.26. The summed E-state index contributed by atoms with van der Waals surface area (Å²) in [5, 5.41) is 3.11. The fourth-order valence-electron chi connectivity index (χ4n) is 2.56. The number of thiazole rings is 1. The summed E-state index contributed by atoms with van der Waals surface area (Å²) in [5.74, 6) is -0.00192. The summed E-state index contributed by atoms with van der Waals surface area (Å²) in [7, 11) is 0. The molecule has 1 aliphatic rings. The van der Waals surface area contributed by atoms with Crippen molar-refractivity contribution in [2.24, 2.45) is 0 Å². The molecule has 0 radical (unpaired) electrons. The van der Waals surface area contributed by atoms with Gasteiger partial charge in [-0.25, -0.2) is 4.98 Å². The van der Waals surface area contributed by atoms with Crippen LogP contribution < -0.4 is 5.32 Å². The third kappa shape index (κ3) is 2.90. The van der Waals surface area contributed by atoms with Crippen molar-refractivity contribution in [3.8, 4) is 0 Å². The Bertz CT molecular complexity index is 605. The zero-order valence-electron chi connectivity index (χ0n) is 10.5. The first kappa shape index (κ1) is 12.9. The Balaban J connectivity index is 1.76. The molecule has 0 saturated heterocycles. The zero-order valence-corrected chi connectivity index (χ0v) is 12.1. The number of amides is 1. The minimum Gasteiger partial charge on any atom is -0.349 e. The van der Waals surface area contributed by atoms with Gasteiger partial charge in [-0.05, 0) is 31.0 Å². The van der Waals surface area contributed by atoms with Gasteiger partial charge in [0.15, 0.2) is 4.47 Å². The third-order valence-corrected chi connectivity index (χ3v) is 4.70. The standard InChI is InChI=1S/C14H15ClN2OS/c15-14-17-11-8-9(6-7-12(11)19-14)13(18)16-10-4-2-1-3-5-10/h6-8,10H,1-5H2,(H,16,18). The van der Waals surface area contributed by atoms with E-state index in [1.807, 2.05) is 18.2 Å². The molecule has 0 spiro atoms. The van der Waals surface area contributed by atoms with Crippen LogP contribution in [-0.2, 0) is 0 Å². The number of hydrogen-bond acceptors (Lipinski definition) is 3. The molecule has 1 aliphatic carbocycles. The van der Waals surface area contributed by atoms with Gasteiger partial charge in [0.25, 0.3) is 5.91 Å². The first-order valence-corrected chi connectivity index (χ1v) is 7.79. The largest absolute Gasteiger partial charge is 0.349 e. The Labute approximate surface area is 121 Å². The van der Waals surface area contributed by atoms with E-state index >= 15 is 0 Å². The van der Waals surface area contributed by atoms with Gasteiger partial charge in [0.2, 0.25) is 0 Å². The van der Waals surface area contributed by atoms with Crippen LogP contribution in [0.15, 0.2) is 18.2 Å². The van der Waals surface area contributed by atoms with E-state index in [9.17, 15) is 4.79 Å². The van der Waals surface area contributed by atoms with Crippen LogP contribution in [0.3, 0.4) is 0 Å². The van der Waals surface area contributed by atoms with Crippen molar-refractivity contribution >= 4 is 39.1 Å². The van der Waals surface area contributed by atoms with Crippen LogP contribution in [0.25, 0.3) is 10.2 Å². The lowest BCUT2D eigenvalue weighted by atomic mass is 9.95. The Kier molecular flexibility index (Phi) is 3.71. The van der Waals surface area contributed by atoms with Crippen molar-refractivity contribution in [1.29, 1.82) is 0 Å². The summed E-state index contributed by atoms with van der Waals surface area (Å²) in [5.41, 5.74) is 1.46. The molecule has 1 saturated carbocycles. The molecule has 0 atom stereocenters. The van der Waals surface area contributed by atoms with Crippen LogP contribution in [0.1, 0.15) is 42.5 Å². The van der Waals surface area contributed by atoms with E-state index in [0.29, 0.717) is 16.1 Å². The number of hydrogen-bond donors (Lipinski definition) is 1. The van der Waals surface area contributed by atoms with Gasteiger partial charge >= 0.3 is 0 Å². The van der Waals surface area contributed by atoms with Crippen LogP contribution in [-0.4, -0.2) is 16.9 Å². The molecule has 5 heteroatoms. The molecule has 100 valence electrons. The number of fused-ring (bicyclic) bond motifs is 1. The van der Waals surface area contributed by atoms with Gasteiger partial charge < -0.3 is 5.32 Å². The summed E-state index contributed by atoms with van der Waals surface area (Å²) >= 11 is 7.31. The molecule has 1 aromatic carbocycles. The summed E-state index contributed by atoms with van der Waals surface area (Å²) in [6.45, 7) is 0. The van der Waals surface area contributed by atoms with E-state index in [1.54, 1.807) is 0 Å². The maximum atomic E-state index is 12.2. The maximum Gasteiger partial charge on any atom is 0.251 e. The monoisotopic (exact) mass is 294 g/mol. The molecule has 1 N–H and O–H groups in total. The molecule has 3 rings (SSSR count). The number of nitrogens with one attached hydrogen (secondary N) is 1. The molecule has 0 bridgehead atoms. The molecule has 19 heavy (non-hydrogen) atoms. The number of nitrogens with zero attached hydrogens (tertiary/aromatic N) is 1. The second-order valence-corrected chi connectivity index (χ2v) is 6.57. The van der Waals surface area contributed by atoms with Crippen LogP contribution in [0.5, 0.6) is 0 Å². The van der Waals surface area contributed by atoms with E-state index in [0.717, 1.165) is 23.1 Å². The highest BCUT2D eigenvalue weighted by Gasteiger charge is 2.17. The van der Waals surface area contributed by atoms with Gasteiger partial charge in [0.1, 0.15) is 0 Å².